The molecule has 0 aliphatic carbocycles. The van der Waals surface area contributed by atoms with E-state index in [4.69, 9.17) is 11.6 Å². The molecule has 3 heterocycles. The van der Waals surface area contributed by atoms with Crippen LogP contribution in [0.4, 0.5) is 18.9 Å². The fourth-order valence-electron chi connectivity index (χ4n) is 4.21. The lowest BCUT2D eigenvalue weighted by molar-refractivity contribution is -0.138. The van der Waals surface area contributed by atoms with Crippen LogP contribution >= 0.6 is 11.6 Å². The predicted octanol–water partition coefficient (Wildman–Crippen LogP) is 4.31. The second-order valence-corrected chi connectivity index (χ2v) is 8.35. The number of rotatable bonds is 5. The van der Waals surface area contributed by atoms with Crippen LogP contribution < -0.4 is 10.6 Å². The molecular weight excluding hydrogens is 445 g/mol. The highest BCUT2D eigenvalue weighted by Crippen LogP contribution is 2.40. The molecule has 3 N–H and O–H groups in total. The smallest absolute Gasteiger partial charge is 0.358 e. The quantitative estimate of drug-likeness (QED) is 0.574. The standard InChI is InChI=1S/C22H22ClF3N4O2/c1-12-18(21(32)27-6-9-30-7-2-3-8-30)19(22(24,25)26)17(28-12)11-15-14-10-13(23)4-5-16(14)29-20(15)31/h4-5,10-11,28H,2-3,6-9H2,1H3,(H,27,32)(H,29,31)/b15-11-. The lowest BCUT2D eigenvalue weighted by Gasteiger charge is -2.15. The molecule has 0 unspecified atom stereocenters. The van der Waals surface area contributed by atoms with Gasteiger partial charge in [-0.1, -0.05) is 11.6 Å². The fraction of sp³-hybridized carbons (Fsp3) is 0.364. The fourth-order valence-corrected chi connectivity index (χ4v) is 4.38. The summed E-state index contributed by atoms with van der Waals surface area (Å²) in [4.78, 5) is 29.9. The number of amides is 2. The van der Waals surface area contributed by atoms with Crippen LogP contribution in [0.2, 0.25) is 5.02 Å². The molecule has 0 bridgehead atoms. The second-order valence-electron chi connectivity index (χ2n) is 7.92. The van der Waals surface area contributed by atoms with E-state index in [0.717, 1.165) is 32.0 Å². The predicted molar refractivity (Wildman–Crippen MR) is 116 cm³/mol. The zero-order valence-electron chi connectivity index (χ0n) is 17.3. The van der Waals surface area contributed by atoms with Gasteiger partial charge in [0, 0.05) is 35.1 Å². The topological polar surface area (TPSA) is 77.2 Å². The number of aromatic nitrogens is 1. The van der Waals surface area contributed by atoms with Crippen molar-refractivity contribution in [1.29, 1.82) is 0 Å². The van der Waals surface area contributed by atoms with Gasteiger partial charge in [-0.25, -0.2) is 0 Å². The number of fused-ring (bicyclic) bond motifs is 1. The average Bonchev–Trinajstić information content (AvgIpc) is 3.41. The summed E-state index contributed by atoms with van der Waals surface area (Å²) < 4.78 is 42.1. The van der Waals surface area contributed by atoms with Gasteiger partial charge in [-0.3, -0.25) is 9.59 Å². The van der Waals surface area contributed by atoms with Gasteiger partial charge in [0.1, 0.15) is 0 Å². The Balaban J connectivity index is 1.67. The number of hydrogen-bond acceptors (Lipinski definition) is 3. The maximum absolute atomic E-state index is 14.0. The highest BCUT2D eigenvalue weighted by atomic mass is 35.5. The van der Waals surface area contributed by atoms with Crippen molar-refractivity contribution in [3.8, 4) is 0 Å². The largest absolute Gasteiger partial charge is 0.419 e. The molecule has 2 aliphatic heterocycles. The number of hydrogen-bond donors (Lipinski definition) is 3. The number of H-pyrrole nitrogens is 1. The van der Waals surface area contributed by atoms with Crippen molar-refractivity contribution < 1.29 is 22.8 Å². The van der Waals surface area contributed by atoms with Crippen molar-refractivity contribution in [1.82, 2.24) is 15.2 Å². The van der Waals surface area contributed by atoms with Gasteiger partial charge >= 0.3 is 6.18 Å². The normalized spacial score (nSPS) is 17.7. The van der Waals surface area contributed by atoms with Crippen molar-refractivity contribution in [3.05, 3.63) is 51.3 Å². The van der Waals surface area contributed by atoms with Gasteiger partial charge in [0.05, 0.1) is 22.4 Å². The number of benzene rings is 1. The zero-order chi connectivity index (χ0) is 23.0. The lowest BCUT2D eigenvalue weighted by atomic mass is 10.0. The number of likely N-dealkylation sites (tertiary alicyclic amines) is 1. The Hall–Kier alpha value is -2.78. The number of nitrogens with one attached hydrogen (secondary N) is 3. The highest BCUT2D eigenvalue weighted by Gasteiger charge is 2.41. The summed E-state index contributed by atoms with van der Waals surface area (Å²) in [7, 11) is 0. The molecule has 10 heteroatoms. The minimum Gasteiger partial charge on any atom is -0.358 e. The Labute approximate surface area is 187 Å². The molecule has 6 nitrogen and oxygen atoms in total. The summed E-state index contributed by atoms with van der Waals surface area (Å²) in [5.74, 6) is -1.34. The number of alkyl halides is 3. The Morgan fingerprint density at radius 2 is 2.00 bits per heavy atom. The molecule has 0 saturated carbocycles. The van der Waals surface area contributed by atoms with Gasteiger partial charge in [-0.15, -0.1) is 0 Å². The maximum Gasteiger partial charge on any atom is 0.419 e. The second kappa shape index (κ2) is 8.63. The van der Waals surface area contributed by atoms with E-state index in [2.05, 4.69) is 20.5 Å². The van der Waals surface area contributed by atoms with E-state index in [0.29, 0.717) is 22.8 Å². The summed E-state index contributed by atoms with van der Waals surface area (Å²) in [5, 5.41) is 5.56. The molecule has 4 rings (SSSR count). The minimum atomic E-state index is -4.80. The van der Waals surface area contributed by atoms with E-state index in [1.54, 1.807) is 12.1 Å². The Bertz CT molecular complexity index is 1100. The van der Waals surface area contributed by atoms with E-state index < -0.39 is 29.1 Å². The number of carbonyl (C=O) groups is 2. The molecule has 0 atom stereocenters. The van der Waals surface area contributed by atoms with Crippen LogP contribution in [0.5, 0.6) is 0 Å². The molecule has 1 aromatic heterocycles. The molecule has 1 aromatic carbocycles. The van der Waals surface area contributed by atoms with Gasteiger partial charge < -0.3 is 20.5 Å². The van der Waals surface area contributed by atoms with Gasteiger partial charge in [0.15, 0.2) is 0 Å². The van der Waals surface area contributed by atoms with Crippen molar-refractivity contribution in [3.63, 3.8) is 0 Å². The number of carbonyl (C=O) groups excluding carboxylic acids is 2. The third kappa shape index (κ3) is 4.40. The van der Waals surface area contributed by atoms with E-state index >= 15 is 0 Å². The average molecular weight is 467 g/mol. The third-order valence-corrected chi connectivity index (χ3v) is 5.93. The van der Waals surface area contributed by atoms with Crippen LogP contribution in [0.1, 0.15) is 45.7 Å². The first-order valence-corrected chi connectivity index (χ1v) is 10.7. The summed E-state index contributed by atoms with van der Waals surface area (Å²) in [6, 6.07) is 4.67. The zero-order valence-corrected chi connectivity index (χ0v) is 18.1. The van der Waals surface area contributed by atoms with Gasteiger partial charge in [-0.2, -0.15) is 13.2 Å². The van der Waals surface area contributed by atoms with E-state index in [1.165, 1.54) is 13.0 Å². The first kappa shape index (κ1) is 22.4. The first-order valence-electron chi connectivity index (χ1n) is 10.3. The third-order valence-electron chi connectivity index (χ3n) is 5.69. The van der Waals surface area contributed by atoms with Crippen LogP contribution in [0.3, 0.4) is 0 Å². The molecule has 2 amide bonds. The molecule has 0 spiro atoms. The van der Waals surface area contributed by atoms with E-state index in [9.17, 15) is 22.8 Å². The number of anilines is 1. The molecule has 32 heavy (non-hydrogen) atoms. The monoisotopic (exact) mass is 466 g/mol. The van der Waals surface area contributed by atoms with Crippen LogP contribution in [0, 0.1) is 6.92 Å². The van der Waals surface area contributed by atoms with E-state index in [1.807, 2.05) is 0 Å². The SMILES string of the molecule is Cc1[nH]c(/C=C2\C(=O)Nc3ccc(Cl)cc32)c(C(F)(F)F)c1C(=O)NCCN1CCCC1. The summed E-state index contributed by atoms with van der Waals surface area (Å²) in [6.07, 6.45) is -1.51. The van der Waals surface area contributed by atoms with Gasteiger partial charge in [0.25, 0.3) is 11.8 Å². The number of nitrogens with zero attached hydrogens (tertiary/aromatic N) is 1. The molecule has 170 valence electrons. The van der Waals surface area contributed by atoms with Crippen molar-refractivity contribution in [2.24, 2.45) is 0 Å². The van der Waals surface area contributed by atoms with Gasteiger partial charge in [-0.05, 0) is 57.1 Å². The van der Waals surface area contributed by atoms with Crippen LogP contribution in [0.15, 0.2) is 18.2 Å². The summed E-state index contributed by atoms with van der Waals surface area (Å²) >= 11 is 6.00. The Morgan fingerprint density at radius 3 is 2.69 bits per heavy atom. The molecule has 1 fully saturated rings. The summed E-state index contributed by atoms with van der Waals surface area (Å²) in [5.41, 5.74) is -0.928. The summed E-state index contributed by atoms with van der Waals surface area (Å²) in [6.45, 7) is 4.11. The van der Waals surface area contributed by atoms with Crippen LogP contribution in [0.25, 0.3) is 11.6 Å². The van der Waals surface area contributed by atoms with Crippen molar-refractivity contribution in [2.75, 3.05) is 31.5 Å². The van der Waals surface area contributed by atoms with Gasteiger partial charge in [0.2, 0.25) is 0 Å². The van der Waals surface area contributed by atoms with Crippen molar-refractivity contribution in [2.45, 2.75) is 25.9 Å². The van der Waals surface area contributed by atoms with Crippen molar-refractivity contribution >= 4 is 40.8 Å². The number of aryl methyl sites for hydroxylation is 1. The number of aromatic amines is 1. The minimum absolute atomic E-state index is 0.0373. The van der Waals surface area contributed by atoms with Crippen LogP contribution in [-0.4, -0.2) is 47.9 Å². The van der Waals surface area contributed by atoms with Crippen LogP contribution in [-0.2, 0) is 11.0 Å². The first-order chi connectivity index (χ1) is 15.1. The Kier molecular flexibility index (Phi) is 6.05. The molecular formula is C22H22ClF3N4O2. The number of halogens is 4. The molecule has 1 saturated heterocycles. The molecule has 2 aliphatic rings. The maximum atomic E-state index is 14.0. The highest BCUT2D eigenvalue weighted by molar-refractivity contribution is 6.36. The molecule has 0 radical (unpaired) electrons. The Morgan fingerprint density at radius 1 is 1.28 bits per heavy atom. The molecule has 2 aromatic rings. The lowest BCUT2D eigenvalue weighted by Crippen LogP contribution is -2.34. The van der Waals surface area contributed by atoms with E-state index in [-0.39, 0.29) is 23.5 Å².